The third kappa shape index (κ3) is 1.97. The van der Waals surface area contributed by atoms with Gasteiger partial charge in [0.25, 0.3) is 5.91 Å². The SMILES string of the molecule is NC(=O)c1nn(CC(=O)O)c2c(Cl)c(Cl)sc12. The fourth-order valence-electron chi connectivity index (χ4n) is 1.39. The Morgan fingerprint density at radius 2 is 2.12 bits per heavy atom. The molecule has 0 unspecified atom stereocenters. The molecule has 2 aromatic rings. The van der Waals surface area contributed by atoms with Gasteiger partial charge >= 0.3 is 5.97 Å². The largest absolute Gasteiger partial charge is 0.480 e. The van der Waals surface area contributed by atoms with Crippen LogP contribution in [0.4, 0.5) is 0 Å². The number of nitrogens with zero attached hydrogens (tertiary/aromatic N) is 2. The van der Waals surface area contributed by atoms with Gasteiger partial charge in [-0.2, -0.15) is 5.10 Å². The van der Waals surface area contributed by atoms with Crippen molar-refractivity contribution in [3.8, 4) is 0 Å². The number of aliphatic carboxylic acids is 1. The van der Waals surface area contributed by atoms with E-state index in [9.17, 15) is 9.59 Å². The quantitative estimate of drug-likeness (QED) is 0.898. The number of rotatable bonds is 3. The van der Waals surface area contributed by atoms with E-state index in [0.717, 1.165) is 16.0 Å². The van der Waals surface area contributed by atoms with Crippen LogP contribution in [-0.2, 0) is 11.3 Å². The molecule has 0 bridgehead atoms. The number of carbonyl (C=O) groups excluding carboxylic acids is 1. The summed E-state index contributed by atoms with van der Waals surface area (Å²) in [5, 5.41) is 12.7. The van der Waals surface area contributed by atoms with Crippen molar-refractivity contribution in [1.29, 1.82) is 0 Å². The highest BCUT2D eigenvalue weighted by atomic mass is 35.5. The van der Waals surface area contributed by atoms with Crippen LogP contribution in [0.2, 0.25) is 9.36 Å². The first-order chi connectivity index (χ1) is 7.91. The Hall–Kier alpha value is -1.31. The van der Waals surface area contributed by atoms with Crippen LogP contribution < -0.4 is 5.73 Å². The number of nitrogens with two attached hydrogens (primary N) is 1. The zero-order valence-electron chi connectivity index (χ0n) is 8.11. The minimum atomic E-state index is -1.11. The fourth-order valence-corrected chi connectivity index (χ4v) is 2.98. The summed E-state index contributed by atoms with van der Waals surface area (Å²) >= 11 is 12.8. The number of hydrogen-bond donors (Lipinski definition) is 2. The molecule has 17 heavy (non-hydrogen) atoms. The molecule has 0 fully saturated rings. The van der Waals surface area contributed by atoms with E-state index in [4.69, 9.17) is 34.0 Å². The summed E-state index contributed by atoms with van der Waals surface area (Å²) < 4.78 is 1.76. The Balaban J connectivity index is 2.75. The molecule has 0 aliphatic heterocycles. The van der Waals surface area contributed by atoms with Gasteiger partial charge in [-0.05, 0) is 0 Å². The van der Waals surface area contributed by atoms with E-state index in [1.165, 1.54) is 0 Å². The Morgan fingerprint density at radius 3 is 2.65 bits per heavy atom. The van der Waals surface area contributed by atoms with Gasteiger partial charge in [0.2, 0.25) is 0 Å². The fraction of sp³-hybridized carbons (Fsp3) is 0.125. The number of carboxylic acids is 1. The van der Waals surface area contributed by atoms with Gasteiger partial charge in [0.15, 0.2) is 5.69 Å². The molecule has 3 N–H and O–H groups in total. The van der Waals surface area contributed by atoms with Crippen molar-refractivity contribution >= 4 is 56.6 Å². The van der Waals surface area contributed by atoms with Gasteiger partial charge < -0.3 is 10.8 Å². The number of fused-ring (bicyclic) bond motifs is 1. The highest BCUT2D eigenvalue weighted by Crippen LogP contribution is 2.40. The molecule has 90 valence electrons. The highest BCUT2D eigenvalue weighted by Gasteiger charge is 2.22. The van der Waals surface area contributed by atoms with Gasteiger partial charge in [-0.25, -0.2) is 0 Å². The second kappa shape index (κ2) is 4.17. The smallest absolute Gasteiger partial charge is 0.325 e. The summed E-state index contributed by atoms with van der Waals surface area (Å²) in [6.45, 7) is -0.420. The summed E-state index contributed by atoms with van der Waals surface area (Å²) in [5.41, 5.74) is 5.43. The number of amides is 1. The first kappa shape index (κ1) is 12.2. The number of carbonyl (C=O) groups is 2. The molecule has 0 saturated carbocycles. The van der Waals surface area contributed by atoms with E-state index in [1.807, 2.05) is 0 Å². The molecule has 2 heterocycles. The van der Waals surface area contributed by atoms with Gasteiger partial charge in [0.05, 0.1) is 9.72 Å². The lowest BCUT2D eigenvalue weighted by Crippen LogP contribution is -2.15. The molecule has 0 aliphatic carbocycles. The van der Waals surface area contributed by atoms with E-state index in [1.54, 1.807) is 0 Å². The molecular weight excluding hydrogens is 289 g/mol. The zero-order chi connectivity index (χ0) is 12.7. The summed E-state index contributed by atoms with van der Waals surface area (Å²) in [5.74, 6) is -1.86. The van der Waals surface area contributed by atoms with Gasteiger partial charge in [-0.15, -0.1) is 11.3 Å². The van der Waals surface area contributed by atoms with Crippen LogP contribution in [0.5, 0.6) is 0 Å². The number of carboxylic acid groups (broad SMARTS) is 1. The number of thiophene rings is 1. The zero-order valence-corrected chi connectivity index (χ0v) is 10.4. The molecule has 0 radical (unpaired) electrons. The van der Waals surface area contributed by atoms with Crippen molar-refractivity contribution in [2.75, 3.05) is 0 Å². The van der Waals surface area contributed by atoms with Crippen LogP contribution in [-0.4, -0.2) is 26.8 Å². The molecule has 0 saturated heterocycles. The normalized spacial score (nSPS) is 10.9. The predicted octanol–water partition coefficient (Wildman–Crippen LogP) is 1.59. The van der Waals surface area contributed by atoms with E-state index in [-0.39, 0.29) is 15.1 Å². The van der Waals surface area contributed by atoms with Crippen molar-refractivity contribution in [3.63, 3.8) is 0 Å². The van der Waals surface area contributed by atoms with Crippen LogP contribution in [0.15, 0.2) is 0 Å². The maximum Gasteiger partial charge on any atom is 0.325 e. The van der Waals surface area contributed by atoms with Crippen LogP contribution in [0.1, 0.15) is 10.5 Å². The third-order valence-corrected chi connectivity index (χ3v) is 3.97. The lowest BCUT2D eigenvalue weighted by molar-refractivity contribution is -0.137. The number of aromatic nitrogens is 2. The van der Waals surface area contributed by atoms with Crippen LogP contribution in [0, 0.1) is 0 Å². The average molecular weight is 294 g/mol. The number of primary amides is 1. The highest BCUT2D eigenvalue weighted by molar-refractivity contribution is 7.23. The van der Waals surface area contributed by atoms with E-state index >= 15 is 0 Å². The lowest BCUT2D eigenvalue weighted by atomic mass is 10.4. The molecule has 2 rings (SSSR count). The van der Waals surface area contributed by atoms with Crippen molar-refractivity contribution in [3.05, 3.63) is 15.1 Å². The molecular formula is C8H5Cl2N3O3S. The molecule has 6 nitrogen and oxygen atoms in total. The second-order valence-corrected chi connectivity index (χ2v) is 5.13. The maximum atomic E-state index is 11.2. The third-order valence-electron chi connectivity index (χ3n) is 2.00. The van der Waals surface area contributed by atoms with Crippen molar-refractivity contribution < 1.29 is 14.7 Å². The summed E-state index contributed by atoms with van der Waals surface area (Å²) in [4.78, 5) is 21.8. The average Bonchev–Trinajstić information content (AvgIpc) is 2.67. The monoisotopic (exact) mass is 293 g/mol. The van der Waals surface area contributed by atoms with Crippen LogP contribution in [0.25, 0.3) is 10.2 Å². The molecule has 2 aromatic heterocycles. The van der Waals surface area contributed by atoms with E-state index in [0.29, 0.717) is 10.2 Å². The first-order valence-electron chi connectivity index (χ1n) is 4.27. The summed E-state index contributed by atoms with van der Waals surface area (Å²) in [6, 6.07) is 0. The van der Waals surface area contributed by atoms with Gasteiger partial charge in [0.1, 0.15) is 16.4 Å². The van der Waals surface area contributed by atoms with Gasteiger partial charge in [0, 0.05) is 0 Å². The molecule has 0 atom stereocenters. The minimum absolute atomic E-state index is 0.0277. The van der Waals surface area contributed by atoms with Crippen molar-refractivity contribution in [2.45, 2.75) is 6.54 Å². The molecule has 0 spiro atoms. The molecule has 1 amide bonds. The van der Waals surface area contributed by atoms with E-state index in [2.05, 4.69) is 5.10 Å². The predicted molar refractivity (Wildman–Crippen MR) is 63.8 cm³/mol. The minimum Gasteiger partial charge on any atom is -0.480 e. The maximum absolute atomic E-state index is 11.2. The second-order valence-electron chi connectivity index (χ2n) is 3.13. The number of hydrogen-bond acceptors (Lipinski definition) is 4. The molecule has 9 heteroatoms. The number of halogens is 2. The van der Waals surface area contributed by atoms with Crippen molar-refractivity contribution in [2.24, 2.45) is 5.73 Å². The summed E-state index contributed by atoms with van der Waals surface area (Å²) in [7, 11) is 0. The lowest BCUT2D eigenvalue weighted by Gasteiger charge is -1.97. The topological polar surface area (TPSA) is 98.2 Å². The standard InChI is InChI=1S/C8H5Cl2N3O3S/c9-3-5-6(17-7(3)10)4(8(11)16)12-13(5)1-2(14)15/h1H2,(H2,11,16)(H,14,15). The van der Waals surface area contributed by atoms with Crippen LogP contribution in [0.3, 0.4) is 0 Å². The first-order valence-corrected chi connectivity index (χ1v) is 5.85. The Morgan fingerprint density at radius 1 is 1.47 bits per heavy atom. The molecule has 0 aromatic carbocycles. The van der Waals surface area contributed by atoms with Crippen LogP contribution >= 0.6 is 34.5 Å². The Kier molecular flexibility index (Phi) is 2.98. The van der Waals surface area contributed by atoms with Crippen molar-refractivity contribution in [1.82, 2.24) is 9.78 Å². The Labute approximate surface area is 109 Å². The van der Waals surface area contributed by atoms with E-state index < -0.39 is 18.4 Å². The van der Waals surface area contributed by atoms with Gasteiger partial charge in [-0.3, -0.25) is 14.3 Å². The Bertz CT molecular complexity index is 634. The molecule has 0 aliphatic rings. The summed E-state index contributed by atoms with van der Waals surface area (Å²) in [6.07, 6.45) is 0. The van der Waals surface area contributed by atoms with Gasteiger partial charge in [-0.1, -0.05) is 23.2 Å².